The predicted molar refractivity (Wildman–Crippen MR) is 75.1 cm³/mol. The zero-order valence-corrected chi connectivity index (χ0v) is 11.1. The highest BCUT2D eigenvalue weighted by molar-refractivity contribution is 5.96. The number of carbonyl (C=O) groups excluding carboxylic acids is 1. The SMILES string of the molecule is CC(Cc1ccccc1)NC(=O)c1cc(F)ccc1O. The van der Waals surface area contributed by atoms with Crippen molar-refractivity contribution in [2.75, 3.05) is 0 Å². The smallest absolute Gasteiger partial charge is 0.255 e. The molecule has 0 radical (unpaired) electrons. The van der Waals surface area contributed by atoms with Gasteiger partial charge in [-0.2, -0.15) is 0 Å². The average molecular weight is 273 g/mol. The Morgan fingerprint density at radius 1 is 1.25 bits per heavy atom. The van der Waals surface area contributed by atoms with E-state index in [9.17, 15) is 14.3 Å². The van der Waals surface area contributed by atoms with Gasteiger partial charge >= 0.3 is 0 Å². The topological polar surface area (TPSA) is 49.3 Å². The minimum absolute atomic E-state index is 0.0510. The fourth-order valence-electron chi connectivity index (χ4n) is 2.01. The average Bonchev–Trinajstić information content (AvgIpc) is 2.42. The summed E-state index contributed by atoms with van der Waals surface area (Å²) >= 11 is 0. The summed E-state index contributed by atoms with van der Waals surface area (Å²) in [5, 5.41) is 12.3. The van der Waals surface area contributed by atoms with Crippen LogP contribution in [0.5, 0.6) is 5.75 Å². The van der Waals surface area contributed by atoms with Crippen molar-refractivity contribution >= 4 is 5.91 Å². The van der Waals surface area contributed by atoms with Crippen molar-refractivity contribution in [2.24, 2.45) is 0 Å². The minimum Gasteiger partial charge on any atom is -0.507 e. The van der Waals surface area contributed by atoms with Gasteiger partial charge in [0.15, 0.2) is 0 Å². The Hall–Kier alpha value is -2.36. The van der Waals surface area contributed by atoms with E-state index in [-0.39, 0.29) is 17.4 Å². The van der Waals surface area contributed by atoms with Crippen molar-refractivity contribution in [2.45, 2.75) is 19.4 Å². The molecule has 0 aliphatic rings. The summed E-state index contributed by atoms with van der Waals surface area (Å²) in [7, 11) is 0. The van der Waals surface area contributed by atoms with Gasteiger partial charge in [0.05, 0.1) is 5.56 Å². The molecule has 0 spiro atoms. The molecular formula is C16H16FNO2. The van der Waals surface area contributed by atoms with Gasteiger partial charge < -0.3 is 10.4 Å². The number of carbonyl (C=O) groups is 1. The van der Waals surface area contributed by atoms with Gasteiger partial charge in [-0.15, -0.1) is 0 Å². The molecule has 104 valence electrons. The van der Waals surface area contributed by atoms with E-state index in [4.69, 9.17) is 0 Å². The molecule has 2 aromatic carbocycles. The van der Waals surface area contributed by atoms with Gasteiger partial charge in [0.25, 0.3) is 5.91 Å². The Bertz CT molecular complexity index is 599. The Balaban J connectivity index is 2.02. The van der Waals surface area contributed by atoms with E-state index >= 15 is 0 Å². The molecule has 2 N–H and O–H groups in total. The summed E-state index contributed by atoms with van der Waals surface area (Å²) in [5.41, 5.74) is 1.05. The minimum atomic E-state index is -0.552. The molecule has 2 aromatic rings. The predicted octanol–water partition coefficient (Wildman–Crippen LogP) is 2.89. The third kappa shape index (κ3) is 3.57. The van der Waals surface area contributed by atoms with E-state index in [2.05, 4.69) is 5.32 Å². The molecule has 0 aliphatic heterocycles. The van der Waals surface area contributed by atoms with Gasteiger partial charge in [-0.1, -0.05) is 30.3 Å². The number of phenols is 1. The lowest BCUT2D eigenvalue weighted by molar-refractivity contribution is 0.0937. The van der Waals surface area contributed by atoms with Gasteiger partial charge in [-0.25, -0.2) is 4.39 Å². The number of phenolic OH excluding ortho intramolecular Hbond substituents is 1. The molecule has 1 unspecified atom stereocenters. The van der Waals surface area contributed by atoms with Crippen molar-refractivity contribution in [1.29, 1.82) is 0 Å². The van der Waals surface area contributed by atoms with Crippen molar-refractivity contribution in [3.8, 4) is 5.75 Å². The molecule has 1 atom stereocenters. The fourth-order valence-corrected chi connectivity index (χ4v) is 2.01. The van der Waals surface area contributed by atoms with Crippen LogP contribution in [0.1, 0.15) is 22.8 Å². The summed E-state index contributed by atoms with van der Waals surface area (Å²) in [6.45, 7) is 1.86. The maximum atomic E-state index is 13.1. The second kappa shape index (κ2) is 6.19. The number of hydrogen-bond acceptors (Lipinski definition) is 2. The van der Waals surface area contributed by atoms with Crippen LogP contribution in [-0.4, -0.2) is 17.1 Å². The molecule has 0 heterocycles. The molecule has 4 heteroatoms. The Labute approximate surface area is 117 Å². The third-order valence-corrected chi connectivity index (χ3v) is 2.97. The van der Waals surface area contributed by atoms with Crippen molar-refractivity contribution < 1.29 is 14.3 Å². The molecule has 3 nitrogen and oxygen atoms in total. The molecule has 0 aromatic heterocycles. The van der Waals surface area contributed by atoms with Crippen LogP contribution in [0.2, 0.25) is 0 Å². The first kappa shape index (κ1) is 14.1. The van der Waals surface area contributed by atoms with Gasteiger partial charge in [-0.05, 0) is 37.1 Å². The van der Waals surface area contributed by atoms with Crippen molar-refractivity contribution in [3.05, 3.63) is 65.5 Å². The standard InChI is InChI=1S/C16H16FNO2/c1-11(9-12-5-3-2-4-6-12)18-16(20)14-10-13(17)7-8-15(14)19/h2-8,10-11,19H,9H2,1H3,(H,18,20). The van der Waals surface area contributed by atoms with Gasteiger partial charge in [0.1, 0.15) is 11.6 Å². The summed E-state index contributed by atoms with van der Waals surface area (Å²) in [6, 6.07) is 12.9. The van der Waals surface area contributed by atoms with Crippen LogP contribution in [0.4, 0.5) is 4.39 Å². The lowest BCUT2D eigenvalue weighted by atomic mass is 10.1. The first-order chi connectivity index (χ1) is 9.56. The molecule has 0 aliphatic carbocycles. The van der Waals surface area contributed by atoms with Gasteiger partial charge in [-0.3, -0.25) is 4.79 Å². The number of aromatic hydroxyl groups is 1. The lowest BCUT2D eigenvalue weighted by Gasteiger charge is -2.14. The first-order valence-electron chi connectivity index (χ1n) is 6.39. The lowest BCUT2D eigenvalue weighted by Crippen LogP contribution is -2.34. The highest BCUT2D eigenvalue weighted by atomic mass is 19.1. The maximum Gasteiger partial charge on any atom is 0.255 e. The highest BCUT2D eigenvalue weighted by Crippen LogP contribution is 2.17. The largest absolute Gasteiger partial charge is 0.507 e. The van der Waals surface area contributed by atoms with Crippen molar-refractivity contribution in [3.63, 3.8) is 0 Å². The molecule has 0 bridgehead atoms. The van der Waals surface area contributed by atoms with E-state index < -0.39 is 11.7 Å². The molecule has 0 saturated heterocycles. The van der Waals surface area contributed by atoms with Crippen LogP contribution in [0, 0.1) is 5.82 Å². The van der Waals surface area contributed by atoms with E-state index in [1.54, 1.807) is 0 Å². The van der Waals surface area contributed by atoms with E-state index in [0.29, 0.717) is 6.42 Å². The second-order valence-corrected chi connectivity index (χ2v) is 4.73. The molecule has 0 fully saturated rings. The molecule has 1 amide bonds. The number of benzene rings is 2. The summed E-state index contributed by atoms with van der Waals surface area (Å²) < 4.78 is 13.1. The van der Waals surface area contributed by atoms with Gasteiger partial charge in [0.2, 0.25) is 0 Å². The van der Waals surface area contributed by atoms with E-state index in [1.807, 2.05) is 37.3 Å². The number of amides is 1. The Morgan fingerprint density at radius 3 is 2.65 bits per heavy atom. The van der Waals surface area contributed by atoms with Crippen LogP contribution < -0.4 is 5.32 Å². The van der Waals surface area contributed by atoms with Crippen LogP contribution >= 0.6 is 0 Å². The molecular weight excluding hydrogens is 257 g/mol. The number of halogens is 1. The summed E-state index contributed by atoms with van der Waals surface area (Å²) in [4.78, 5) is 12.0. The Kier molecular flexibility index (Phi) is 4.35. The van der Waals surface area contributed by atoms with Crippen molar-refractivity contribution in [1.82, 2.24) is 5.32 Å². The second-order valence-electron chi connectivity index (χ2n) is 4.73. The molecule has 20 heavy (non-hydrogen) atoms. The van der Waals surface area contributed by atoms with Crippen LogP contribution in [0.25, 0.3) is 0 Å². The number of nitrogens with one attached hydrogen (secondary N) is 1. The van der Waals surface area contributed by atoms with Gasteiger partial charge in [0, 0.05) is 6.04 Å². The number of hydrogen-bond donors (Lipinski definition) is 2. The molecule has 0 saturated carbocycles. The fraction of sp³-hybridized carbons (Fsp3) is 0.188. The maximum absolute atomic E-state index is 13.1. The van der Waals surface area contributed by atoms with Crippen LogP contribution in [-0.2, 0) is 6.42 Å². The monoisotopic (exact) mass is 273 g/mol. The number of rotatable bonds is 4. The third-order valence-electron chi connectivity index (χ3n) is 2.97. The summed E-state index contributed by atoms with van der Waals surface area (Å²) in [5.74, 6) is -1.26. The molecule has 2 rings (SSSR count). The zero-order chi connectivity index (χ0) is 14.5. The Morgan fingerprint density at radius 2 is 1.95 bits per heavy atom. The normalized spacial score (nSPS) is 11.9. The first-order valence-corrected chi connectivity index (χ1v) is 6.39. The summed E-state index contributed by atoms with van der Waals surface area (Å²) in [6.07, 6.45) is 0.669. The van der Waals surface area contributed by atoms with E-state index in [0.717, 1.165) is 17.7 Å². The zero-order valence-electron chi connectivity index (χ0n) is 11.1. The highest BCUT2D eigenvalue weighted by Gasteiger charge is 2.14. The van der Waals surface area contributed by atoms with Crippen LogP contribution in [0.3, 0.4) is 0 Å². The van der Waals surface area contributed by atoms with E-state index in [1.165, 1.54) is 6.07 Å². The van der Waals surface area contributed by atoms with Crippen LogP contribution in [0.15, 0.2) is 48.5 Å². The quantitative estimate of drug-likeness (QED) is 0.900.